The van der Waals surface area contributed by atoms with Gasteiger partial charge in [-0.2, -0.15) is 0 Å². The Bertz CT molecular complexity index is 735. The van der Waals surface area contributed by atoms with Crippen LogP contribution < -0.4 is 0 Å². The van der Waals surface area contributed by atoms with E-state index in [1.165, 1.54) is 0 Å². The standard InChI is InChI=1S/C18H22N2O3/c1-2-9-20-15-8-4-3-6-13(15)11-16(20)17(21)19-10-5-7-14(12-19)18(22)23/h3-4,6,8,11,14H,2,5,7,9-10,12H2,1H3,(H,22,23). The minimum absolute atomic E-state index is 0.0550. The lowest BCUT2D eigenvalue weighted by molar-refractivity contribution is -0.143. The molecule has 1 fully saturated rings. The number of aromatic nitrogens is 1. The van der Waals surface area contributed by atoms with Crippen LogP contribution in [0.4, 0.5) is 0 Å². The first-order chi connectivity index (χ1) is 11.1. The number of para-hydroxylation sites is 1. The molecule has 5 nitrogen and oxygen atoms in total. The van der Waals surface area contributed by atoms with Gasteiger partial charge in [-0.3, -0.25) is 9.59 Å². The molecule has 0 bridgehead atoms. The van der Waals surface area contributed by atoms with Gasteiger partial charge in [-0.25, -0.2) is 0 Å². The summed E-state index contributed by atoms with van der Waals surface area (Å²) in [7, 11) is 0. The summed E-state index contributed by atoms with van der Waals surface area (Å²) in [6.45, 7) is 3.81. The van der Waals surface area contributed by atoms with E-state index in [-0.39, 0.29) is 5.91 Å². The number of likely N-dealkylation sites (tertiary alicyclic amines) is 1. The Labute approximate surface area is 135 Å². The van der Waals surface area contributed by atoms with Crippen molar-refractivity contribution in [2.24, 2.45) is 5.92 Å². The van der Waals surface area contributed by atoms with Gasteiger partial charge in [-0.05, 0) is 31.4 Å². The van der Waals surface area contributed by atoms with Crippen molar-refractivity contribution < 1.29 is 14.7 Å². The predicted octanol–water partition coefficient (Wildman–Crippen LogP) is 2.99. The molecule has 5 heteroatoms. The predicted molar refractivity (Wildman–Crippen MR) is 88.5 cm³/mol. The zero-order chi connectivity index (χ0) is 16.4. The van der Waals surface area contributed by atoms with Crippen molar-refractivity contribution >= 4 is 22.8 Å². The van der Waals surface area contributed by atoms with Gasteiger partial charge in [-0.15, -0.1) is 0 Å². The highest BCUT2D eigenvalue weighted by atomic mass is 16.4. The number of carbonyl (C=O) groups excluding carboxylic acids is 1. The fourth-order valence-corrected chi connectivity index (χ4v) is 3.38. The van der Waals surface area contributed by atoms with Crippen LogP contribution in [0.5, 0.6) is 0 Å². The van der Waals surface area contributed by atoms with Crippen LogP contribution in [0, 0.1) is 5.92 Å². The number of benzene rings is 1. The van der Waals surface area contributed by atoms with Gasteiger partial charge in [-0.1, -0.05) is 25.1 Å². The number of rotatable bonds is 4. The summed E-state index contributed by atoms with van der Waals surface area (Å²) in [5, 5.41) is 10.3. The number of carbonyl (C=O) groups is 2. The molecule has 0 saturated carbocycles. The normalized spacial score (nSPS) is 18.3. The maximum Gasteiger partial charge on any atom is 0.308 e. The van der Waals surface area contributed by atoms with Crippen LogP contribution in [0.1, 0.15) is 36.7 Å². The number of nitrogens with zero attached hydrogens (tertiary/aromatic N) is 2. The largest absolute Gasteiger partial charge is 0.481 e. The lowest BCUT2D eigenvalue weighted by Gasteiger charge is -2.31. The molecule has 122 valence electrons. The maximum absolute atomic E-state index is 12.9. The van der Waals surface area contributed by atoms with E-state index >= 15 is 0 Å². The molecule has 1 aromatic carbocycles. The highest BCUT2D eigenvalue weighted by molar-refractivity contribution is 5.99. The van der Waals surface area contributed by atoms with Crippen LogP contribution in [0.25, 0.3) is 10.9 Å². The molecule has 1 aromatic heterocycles. The summed E-state index contributed by atoms with van der Waals surface area (Å²) in [6.07, 6.45) is 2.34. The van der Waals surface area contributed by atoms with E-state index in [9.17, 15) is 14.7 Å². The van der Waals surface area contributed by atoms with Gasteiger partial charge in [0.2, 0.25) is 0 Å². The van der Waals surface area contributed by atoms with Gasteiger partial charge in [0.25, 0.3) is 5.91 Å². The topological polar surface area (TPSA) is 62.5 Å². The van der Waals surface area contributed by atoms with Crippen LogP contribution >= 0.6 is 0 Å². The molecule has 0 radical (unpaired) electrons. The summed E-state index contributed by atoms with van der Waals surface area (Å²) in [6, 6.07) is 9.91. The van der Waals surface area contributed by atoms with Crippen molar-refractivity contribution in [2.75, 3.05) is 13.1 Å². The third kappa shape index (κ3) is 2.96. The summed E-state index contributed by atoms with van der Waals surface area (Å²) >= 11 is 0. The van der Waals surface area contributed by atoms with E-state index in [1.54, 1.807) is 4.90 Å². The first-order valence-electron chi connectivity index (χ1n) is 8.22. The second kappa shape index (κ2) is 6.44. The average molecular weight is 314 g/mol. The Morgan fingerprint density at radius 1 is 1.30 bits per heavy atom. The van der Waals surface area contributed by atoms with Crippen LogP contribution in [0.3, 0.4) is 0 Å². The molecule has 0 aliphatic carbocycles. The van der Waals surface area contributed by atoms with Gasteiger partial charge in [0.1, 0.15) is 5.69 Å². The fourth-order valence-electron chi connectivity index (χ4n) is 3.38. The molecule has 23 heavy (non-hydrogen) atoms. The van der Waals surface area contributed by atoms with Crippen molar-refractivity contribution in [1.82, 2.24) is 9.47 Å². The second-order valence-electron chi connectivity index (χ2n) is 6.17. The monoisotopic (exact) mass is 314 g/mol. The highest BCUT2D eigenvalue weighted by Crippen LogP contribution is 2.24. The Morgan fingerprint density at radius 3 is 2.83 bits per heavy atom. The van der Waals surface area contributed by atoms with Gasteiger partial charge in [0, 0.05) is 30.5 Å². The molecule has 1 atom stereocenters. The summed E-state index contributed by atoms with van der Waals surface area (Å²) in [5.74, 6) is -1.31. The van der Waals surface area contributed by atoms with Crippen molar-refractivity contribution in [3.63, 3.8) is 0 Å². The third-order valence-corrected chi connectivity index (χ3v) is 4.53. The molecule has 1 N–H and O–H groups in total. The number of carboxylic acids is 1. The smallest absolute Gasteiger partial charge is 0.308 e. The van der Waals surface area contributed by atoms with E-state index in [0.29, 0.717) is 25.2 Å². The number of fused-ring (bicyclic) bond motifs is 1. The number of amides is 1. The first-order valence-corrected chi connectivity index (χ1v) is 8.22. The Balaban J connectivity index is 1.94. The Morgan fingerprint density at radius 2 is 2.09 bits per heavy atom. The Hall–Kier alpha value is -2.30. The zero-order valence-corrected chi connectivity index (χ0v) is 13.4. The molecule has 1 amide bonds. The number of aryl methyl sites for hydroxylation is 1. The lowest BCUT2D eigenvalue weighted by Crippen LogP contribution is -2.42. The van der Waals surface area contributed by atoms with Crippen molar-refractivity contribution in [3.05, 3.63) is 36.0 Å². The molecule has 2 heterocycles. The number of hydrogen-bond donors (Lipinski definition) is 1. The van der Waals surface area contributed by atoms with Crippen molar-refractivity contribution in [1.29, 1.82) is 0 Å². The van der Waals surface area contributed by atoms with Crippen LogP contribution in [-0.2, 0) is 11.3 Å². The quantitative estimate of drug-likeness (QED) is 0.943. The van der Waals surface area contributed by atoms with E-state index in [2.05, 4.69) is 11.5 Å². The van der Waals surface area contributed by atoms with E-state index in [4.69, 9.17) is 0 Å². The summed E-state index contributed by atoms with van der Waals surface area (Å²) in [4.78, 5) is 25.9. The van der Waals surface area contributed by atoms with E-state index < -0.39 is 11.9 Å². The fraction of sp³-hybridized carbons (Fsp3) is 0.444. The highest BCUT2D eigenvalue weighted by Gasteiger charge is 2.30. The van der Waals surface area contributed by atoms with Crippen molar-refractivity contribution in [3.8, 4) is 0 Å². The number of piperidine rings is 1. The lowest BCUT2D eigenvalue weighted by atomic mass is 9.98. The van der Waals surface area contributed by atoms with Crippen molar-refractivity contribution in [2.45, 2.75) is 32.7 Å². The second-order valence-corrected chi connectivity index (χ2v) is 6.17. The van der Waals surface area contributed by atoms with Crippen LogP contribution in [0.2, 0.25) is 0 Å². The minimum atomic E-state index is -0.809. The SMILES string of the molecule is CCCn1c(C(=O)N2CCCC(C(=O)O)C2)cc2ccccc21. The molecular formula is C18H22N2O3. The molecule has 1 aliphatic rings. The van der Waals surface area contributed by atoms with Crippen LogP contribution in [-0.4, -0.2) is 39.5 Å². The number of aliphatic carboxylic acids is 1. The number of carboxylic acid groups (broad SMARTS) is 1. The Kier molecular flexibility index (Phi) is 4.37. The van der Waals surface area contributed by atoms with Gasteiger partial charge in [0.15, 0.2) is 0 Å². The molecule has 2 aromatic rings. The molecule has 1 saturated heterocycles. The van der Waals surface area contributed by atoms with Gasteiger partial charge in [0.05, 0.1) is 5.92 Å². The molecule has 1 unspecified atom stereocenters. The average Bonchev–Trinajstić information content (AvgIpc) is 2.93. The maximum atomic E-state index is 12.9. The minimum Gasteiger partial charge on any atom is -0.481 e. The van der Waals surface area contributed by atoms with E-state index in [0.717, 1.165) is 30.3 Å². The van der Waals surface area contributed by atoms with Crippen LogP contribution in [0.15, 0.2) is 30.3 Å². The first kappa shape index (κ1) is 15.6. The molecular weight excluding hydrogens is 292 g/mol. The summed E-state index contributed by atoms with van der Waals surface area (Å²) < 4.78 is 2.06. The molecule has 3 rings (SSSR count). The molecule has 0 spiro atoms. The summed E-state index contributed by atoms with van der Waals surface area (Å²) in [5.41, 5.74) is 1.73. The van der Waals surface area contributed by atoms with E-state index in [1.807, 2.05) is 30.3 Å². The zero-order valence-electron chi connectivity index (χ0n) is 13.4. The van der Waals surface area contributed by atoms with Gasteiger partial charge < -0.3 is 14.6 Å². The van der Waals surface area contributed by atoms with Gasteiger partial charge >= 0.3 is 5.97 Å². The number of hydrogen-bond acceptors (Lipinski definition) is 2. The molecule has 1 aliphatic heterocycles. The third-order valence-electron chi connectivity index (χ3n) is 4.53.